The molecule has 0 radical (unpaired) electrons. The summed E-state index contributed by atoms with van der Waals surface area (Å²) in [7, 11) is 0. The highest BCUT2D eigenvalue weighted by Gasteiger charge is 2.07. The molecule has 4 N–H and O–H groups in total. The number of hydrogen-bond acceptors (Lipinski definition) is 3. The Hall–Kier alpha value is -1.55. The summed E-state index contributed by atoms with van der Waals surface area (Å²) in [5.41, 5.74) is 5.53. The van der Waals surface area contributed by atoms with Crippen LogP contribution in [0.15, 0.2) is 18.2 Å². The molecule has 0 unspecified atom stereocenters. The number of amides is 1. The van der Waals surface area contributed by atoms with Crippen LogP contribution in [0.2, 0.25) is 0 Å². The van der Waals surface area contributed by atoms with E-state index >= 15 is 0 Å². The predicted molar refractivity (Wildman–Crippen MR) is 42.5 cm³/mol. The molecule has 0 aromatic heterocycles. The summed E-state index contributed by atoms with van der Waals surface area (Å²) < 4.78 is 0. The molecule has 0 atom stereocenters. The Bertz CT molecular complexity index is 309. The van der Waals surface area contributed by atoms with E-state index in [1.165, 1.54) is 18.2 Å². The van der Waals surface area contributed by atoms with Crippen molar-refractivity contribution in [3.63, 3.8) is 0 Å². The lowest BCUT2D eigenvalue weighted by atomic mass is 10.1. The number of phenols is 1. The number of aliphatic hydroxyl groups excluding tert-OH is 1. The maximum atomic E-state index is 10.7. The van der Waals surface area contributed by atoms with Crippen molar-refractivity contribution in [2.75, 3.05) is 0 Å². The molecule has 12 heavy (non-hydrogen) atoms. The van der Waals surface area contributed by atoms with Crippen LogP contribution < -0.4 is 5.73 Å². The Kier molecular flexibility index (Phi) is 2.30. The highest BCUT2D eigenvalue weighted by molar-refractivity contribution is 5.95. The molecule has 1 rings (SSSR count). The van der Waals surface area contributed by atoms with Gasteiger partial charge in [0, 0.05) is 0 Å². The maximum Gasteiger partial charge on any atom is 0.252 e. The second-order valence-electron chi connectivity index (χ2n) is 2.37. The molecule has 4 nitrogen and oxygen atoms in total. The zero-order valence-corrected chi connectivity index (χ0v) is 6.32. The van der Waals surface area contributed by atoms with E-state index < -0.39 is 5.91 Å². The van der Waals surface area contributed by atoms with Crippen LogP contribution in [-0.4, -0.2) is 16.1 Å². The smallest absolute Gasteiger partial charge is 0.252 e. The third-order valence-corrected chi connectivity index (χ3v) is 1.51. The number of aromatic hydroxyl groups is 1. The van der Waals surface area contributed by atoms with Gasteiger partial charge in [-0.15, -0.1) is 0 Å². The van der Waals surface area contributed by atoms with E-state index in [4.69, 9.17) is 15.9 Å². The number of rotatable bonds is 2. The third kappa shape index (κ3) is 1.54. The van der Waals surface area contributed by atoms with Crippen molar-refractivity contribution in [2.45, 2.75) is 6.61 Å². The van der Waals surface area contributed by atoms with Crippen molar-refractivity contribution in [3.8, 4) is 5.75 Å². The minimum atomic E-state index is -0.706. The van der Waals surface area contributed by atoms with Crippen LogP contribution in [0.5, 0.6) is 5.75 Å². The van der Waals surface area contributed by atoms with Crippen LogP contribution in [0, 0.1) is 0 Å². The first-order valence-electron chi connectivity index (χ1n) is 3.37. The second kappa shape index (κ2) is 3.23. The molecule has 4 heteroatoms. The number of hydrogen-bond donors (Lipinski definition) is 3. The SMILES string of the molecule is NC(=O)c1cc(CO)ccc1O. The average molecular weight is 167 g/mol. The minimum Gasteiger partial charge on any atom is -0.507 e. The number of nitrogens with two attached hydrogens (primary N) is 1. The molecule has 64 valence electrons. The highest BCUT2D eigenvalue weighted by atomic mass is 16.3. The highest BCUT2D eigenvalue weighted by Crippen LogP contribution is 2.17. The lowest BCUT2D eigenvalue weighted by Gasteiger charge is -2.01. The molecule has 0 bridgehead atoms. The van der Waals surface area contributed by atoms with E-state index in [0.717, 1.165) is 0 Å². The van der Waals surface area contributed by atoms with E-state index in [9.17, 15) is 4.79 Å². The van der Waals surface area contributed by atoms with Gasteiger partial charge in [-0.25, -0.2) is 0 Å². The van der Waals surface area contributed by atoms with Gasteiger partial charge in [0.2, 0.25) is 0 Å². The van der Waals surface area contributed by atoms with Crippen molar-refractivity contribution in [1.29, 1.82) is 0 Å². The summed E-state index contributed by atoms with van der Waals surface area (Å²) in [4.78, 5) is 10.7. The molecular weight excluding hydrogens is 158 g/mol. The van der Waals surface area contributed by atoms with E-state index in [2.05, 4.69) is 0 Å². The van der Waals surface area contributed by atoms with Crippen molar-refractivity contribution in [3.05, 3.63) is 29.3 Å². The normalized spacial score (nSPS) is 9.75. The lowest BCUT2D eigenvalue weighted by molar-refractivity contribution is 0.0997. The van der Waals surface area contributed by atoms with E-state index in [1.54, 1.807) is 0 Å². The van der Waals surface area contributed by atoms with Crippen molar-refractivity contribution in [2.24, 2.45) is 5.73 Å². The Morgan fingerprint density at radius 1 is 1.50 bits per heavy atom. The Morgan fingerprint density at radius 3 is 2.67 bits per heavy atom. The predicted octanol–water partition coefficient (Wildman–Crippen LogP) is -0.0166. The molecule has 0 heterocycles. The molecule has 0 spiro atoms. The van der Waals surface area contributed by atoms with Crippen LogP contribution in [-0.2, 0) is 6.61 Å². The van der Waals surface area contributed by atoms with Crippen LogP contribution in [0.1, 0.15) is 15.9 Å². The third-order valence-electron chi connectivity index (χ3n) is 1.51. The fraction of sp³-hybridized carbons (Fsp3) is 0.125. The van der Waals surface area contributed by atoms with Gasteiger partial charge < -0.3 is 15.9 Å². The van der Waals surface area contributed by atoms with Crippen molar-refractivity contribution < 1.29 is 15.0 Å². The minimum absolute atomic E-state index is 0.0292. The van der Waals surface area contributed by atoms with E-state index in [1.807, 2.05) is 0 Å². The fourth-order valence-corrected chi connectivity index (χ4v) is 0.879. The molecule has 0 aliphatic rings. The number of benzene rings is 1. The van der Waals surface area contributed by atoms with Gasteiger partial charge in [0.1, 0.15) is 5.75 Å². The van der Waals surface area contributed by atoms with Crippen LogP contribution in [0.25, 0.3) is 0 Å². The van der Waals surface area contributed by atoms with Crippen LogP contribution in [0.3, 0.4) is 0 Å². The first-order chi connectivity index (χ1) is 5.65. The van der Waals surface area contributed by atoms with Crippen molar-refractivity contribution in [1.82, 2.24) is 0 Å². The molecule has 0 saturated carbocycles. The monoisotopic (exact) mass is 167 g/mol. The standard InChI is InChI=1S/C8H9NO3/c9-8(12)6-3-5(4-10)1-2-7(6)11/h1-3,10-11H,4H2,(H2,9,12). The molecule has 1 aromatic rings. The zero-order valence-electron chi connectivity index (χ0n) is 6.32. The molecule has 0 aliphatic carbocycles. The molecule has 0 aliphatic heterocycles. The molecule has 0 fully saturated rings. The van der Waals surface area contributed by atoms with Gasteiger partial charge in [0.15, 0.2) is 0 Å². The van der Waals surface area contributed by atoms with Gasteiger partial charge in [-0.3, -0.25) is 4.79 Å². The largest absolute Gasteiger partial charge is 0.507 e. The summed E-state index contributed by atoms with van der Waals surface area (Å²) in [5.74, 6) is -0.873. The summed E-state index contributed by atoms with van der Waals surface area (Å²) in [6, 6.07) is 4.20. The van der Waals surface area contributed by atoms with E-state index in [-0.39, 0.29) is 17.9 Å². The number of carbonyl (C=O) groups is 1. The maximum absolute atomic E-state index is 10.7. The van der Waals surface area contributed by atoms with E-state index in [0.29, 0.717) is 5.56 Å². The quantitative estimate of drug-likeness (QED) is 0.579. The number of primary amides is 1. The van der Waals surface area contributed by atoms with Gasteiger partial charge in [-0.2, -0.15) is 0 Å². The second-order valence-corrected chi connectivity index (χ2v) is 2.37. The molecule has 1 amide bonds. The molecular formula is C8H9NO3. The molecule has 1 aromatic carbocycles. The summed E-state index contributed by atoms with van der Waals surface area (Å²) in [5, 5.41) is 17.8. The molecule has 0 saturated heterocycles. The zero-order chi connectivity index (χ0) is 9.14. The fourth-order valence-electron chi connectivity index (χ4n) is 0.879. The lowest BCUT2D eigenvalue weighted by Crippen LogP contribution is -2.11. The Balaban J connectivity index is 3.17. The Morgan fingerprint density at radius 2 is 2.17 bits per heavy atom. The Labute approximate surface area is 69.3 Å². The van der Waals surface area contributed by atoms with Crippen LogP contribution >= 0.6 is 0 Å². The first kappa shape index (κ1) is 8.55. The average Bonchev–Trinajstić information content (AvgIpc) is 2.05. The first-order valence-corrected chi connectivity index (χ1v) is 3.37. The van der Waals surface area contributed by atoms with Gasteiger partial charge in [0.25, 0.3) is 5.91 Å². The number of aliphatic hydroxyl groups is 1. The van der Waals surface area contributed by atoms with Gasteiger partial charge in [-0.05, 0) is 17.7 Å². The van der Waals surface area contributed by atoms with Gasteiger partial charge in [-0.1, -0.05) is 6.07 Å². The van der Waals surface area contributed by atoms with Crippen molar-refractivity contribution >= 4 is 5.91 Å². The summed E-state index contributed by atoms with van der Waals surface area (Å²) in [6.07, 6.45) is 0. The topological polar surface area (TPSA) is 83.6 Å². The van der Waals surface area contributed by atoms with Crippen LogP contribution in [0.4, 0.5) is 0 Å². The van der Waals surface area contributed by atoms with Gasteiger partial charge in [0.05, 0.1) is 12.2 Å². The number of carbonyl (C=O) groups excluding carboxylic acids is 1. The van der Waals surface area contributed by atoms with Gasteiger partial charge >= 0.3 is 0 Å². The summed E-state index contributed by atoms with van der Waals surface area (Å²) >= 11 is 0. The summed E-state index contributed by atoms with van der Waals surface area (Å²) in [6.45, 7) is -0.180.